The number of amides is 1. The van der Waals surface area contributed by atoms with E-state index < -0.39 is 16.6 Å². The Labute approximate surface area is 255 Å². The maximum absolute atomic E-state index is 12.4. The predicted octanol–water partition coefficient (Wildman–Crippen LogP) is 5.59. The van der Waals surface area contributed by atoms with Crippen LogP contribution in [0.4, 0.5) is 27.8 Å². The molecule has 5 rings (SSSR count). The predicted molar refractivity (Wildman–Crippen MR) is 168 cm³/mol. The highest BCUT2D eigenvalue weighted by Gasteiger charge is 2.25. The number of benzene rings is 2. The van der Waals surface area contributed by atoms with E-state index in [9.17, 15) is 14.9 Å². The Morgan fingerprint density at radius 2 is 1.95 bits per heavy atom. The Morgan fingerprint density at radius 3 is 2.68 bits per heavy atom. The van der Waals surface area contributed by atoms with Gasteiger partial charge in [0.2, 0.25) is 5.95 Å². The Kier molecular flexibility index (Phi) is 8.59. The first-order valence-electron chi connectivity index (χ1n) is 14.3. The maximum atomic E-state index is 12.4. The number of likely N-dealkylation sites (N-methyl/N-ethyl adjacent to an activating group) is 2. The average molecular weight is 604 g/mol. The van der Waals surface area contributed by atoms with Crippen LogP contribution in [0.3, 0.4) is 0 Å². The number of para-hydroxylation sites is 1. The maximum Gasteiger partial charge on any atom is 0.410 e. The van der Waals surface area contributed by atoms with Crippen LogP contribution in [-0.2, 0) is 22.6 Å². The molecule has 1 amide bonds. The molecule has 4 aromatic rings. The van der Waals surface area contributed by atoms with E-state index >= 15 is 0 Å². The lowest BCUT2D eigenvalue weighted by Gasteiger charge is -2.27. The molecule has 0 spiro atoms. The van der Waals surface area contributed by atoms with Crippen molar-refractivity contribution in [3.8, 4) is 17.0 Å². The van der Waals surface area contributed by atoms with Crippen molar-refractivity contribution < 1.29 is 23.9 Å². The van der Waals surface area contributed by atoms with E-state index in [2.05, 4.69) is 27.0 Å². The summed E-state index contributed by atoms with van der Waals surface area (Å²) in [6, 6.07) is 13.0. The summed E-state index contributed by atoms with van der Waals surface area (Å²) in [5.74, 6) is 0.628. The number of nitro groups is 1. The molecule has 0 saturated heterocycles. The molecule has 2 aromatic heterocycles. The normalized spacial score (nSPS) is 12.9. The first kappa shape index (κ1) is 30.5. The summed E-state index contributed by atoms with van der Waals surface area (Å²) in [5, 5.41) is 16.4. The number of hydrogen-bond acceptors (Lipinski definition) is 10. The van der Waals surface area contributed by atoms with Crippen LogP contribution in [0.2, 0.25) is 0 Å². The van der Waals surface area contributed by atoms with Gasteiger partial charge in [0.15, 0.2) is 0 Å². The summed E-state index contributed by atoms with van der Waals surface area (Å²) in [4.78, 5) is 36.4. The first-order valence-corrected chi connectivity index (χ1v) is 14.3. The molecule has 3 heterocycles. The van der Waals surface area contributed by atoms with Gasteiger partial charge in [-0.2, -0.15) is 0 Å². The molecule has 13 nitrogen and oxygen atoms in total. The largest absolute Gasteiger partial charge is 0.494 e. The Morgan fingerprint density at radius 1 is 1.18 bits per heavy atom. The lowest BCUT2D eigenvalue weighted by atomic mass is 10.1. The van der Waals surface area contributed by atoms with E-state index in [1.165, 1.54) is 18.1 Å². The minimum atomic E-state index is -0.626. The van der Waals surface area contributed by atoms with Crippen LogP contribution in [0.25, 0.3) is 22.2 Å². The Balaban J connectivity index is 1.42. The molecule has 0 atom stereocenters. The SMILES string of the molecule is COc1cc(N(C)CCN(C)C(=O)OC(C)(C)C)c([N+](=O)[O-])cc1Nc1nccc(-c2c3n(c4ccccc24)CCOC3)n1. The second kappa shape index (κ2) is 12.4. The monoisotopic (exact) mass is 603 g/mol. The molecular weight excluding hydrogens is 566 g/mol. The highest BCUT2D eigenvalue weighted by Crippen LogP contribution is 2.40. The summed E-state index contributed by atoms with van der Waals surface area (Å²) in [5.41, 5.74) is 3.73. The number of anilines is 3. The van der Waals surface area contributed by atoms with Gasteiger partial charge in [0.1, 0.15) is 17.0 Å². The average Bonchev–Trinajstić information content (AvgIpc) is 3.33. The van der Waals surface area contributed by atoms with Gasteiger partial charge in [-0.3, -0.25) is 10.1 Å². The number of ether oxygens (including phenoxy) is 3. The first-order chi connectivity index (χ1) is 21.0. The zero-order chi connectivity index (χ0) is 31.6. The summed E-state index contributed by atoms with van der Waals surface area (Å²) in [6.07, 6.45) is 1.18. The molecule has 1 N–H and O–H groups in total. The molecule has 44 heavy (non-hydrogen) atoms. The zero-order valence-corrected chi connectivity index (χ0v) is 25.8. The molecule has 0 fully saturated rings. The second-order valence-electron chi connectivity index (χ2n) is 11.6. The fourth-order valence-corrected chi connectivity index (χ4v) is 5.18. The van der Waals surface area contributed by atoms with Crippen LogP contribution in [0, 0.1) is 10.1 Å². The summed E-state index contributed by atoms with van der Waals surface area (Å²) in [6.45, 7) is 7.86. The van der Waals surface area contributed by atoms with E-state index in [1.54, 1.807) is 52.0 Å². The van der Waals surface area contributed by atoms with Crippen LogP contribution in [0.15, 0.2) is 48.7 Å². The zero-order valence-electron chi connectivity index (χ0n) is 25.8. The van der Waals surface area contributed by atoms with E-state index in [1.807, 2.05) is 18.2 Å². The minimum absolute atomic E-state index is 0.142. The molecular formula is C31H37N7O6. The van der Waals surface area contributed by atoms with Crippen molar-refractivity contribution in [1.29, 1.82) is 0 Å². The molecule has 0 saturated carbocycles. The number of carbonyl (C=O) groups excluding carboxylic acids is 1. The number of carbonyl (C=O) groups is 1. The summed E-state index contributed by atoms with van der Waals surface area (Å²) in [7, 11) is 4.83. The third kappa shape index (κ3) is 6.37. The van der Waals surface area contributed by atoms with Gasteiger partial charge in [-0.05, 0) is 32.9 Å². The van der Waals surface area contributed by atoms with Crippen LogP contribution < -0.4 is 15.0 Å². The van der Waals surface area contributed by atoms with Crippen molar-refractivity contribution in [2.45, 2.75) is 39.5 Å². The van der Waals surface area contributed by atoms with Gasteiger partial charge in [-0.15, -0.1) is 0 Å². The number of nitro benzene ring substituents is 1. The molecule has 0 bridgehead atoms. The lowest BCUT2D eigenvalue weighted by Crippen LogP contribution is -2.38. The molecule has 232 valence electrons. The van der Waals surface area contributed by atoms with Crippen molar-refractivity contribution >= 4 is 40.0 Å². The van der Waals surface area contributed by atoms with Crippen molar-refractivity contribution in [2.24, 2.45) is 0 Å². The van der Waals surface area contributed by atoms with Crippen LogP contribution >= 0.6 is 0 Å². The quantitative estimate of drug-likeness (QED) is 0.190. The van der Waals surface area contributed by atoms with Gasteiger partial charge in [0, 0.05) is 68.5 Å². The molecule has 1 aliphatic heterocycles. The summed E-state index contributed by atoms with van der Waals surface area (Å²) >= 11 is 0. The van der Waals surface area contributed by atoms with E-state index in [-0.39, 0.29) is 18.2 Å². The van der Waals surface area contributed by atoms with Crippen LogP contribution in [-0.4, -0.2) is 77.0 Å². The highest BCUT2D eigenvalue weighted by molar-refractivity contribution is 5.97. The number of aromatic nitrogens is 3. The Hall–Kier alpha value is -4.91. The number of methoxy groups -OCH3 is 1. The van der Waals surface area contributed by atoms with E-state index in [0.717, 1.165) is 28.7 Å². The van der Waals surface area contributed by atoms with Crippen LogP contribution in [0.1, 0.15) is 26.5 Å². The van der Waals surface area contributed by atoms with E-state index in [4.69, 9.17) is 19.2 Å². The lowest BCUT2D eigenvalue weighted by molar-refractivity contribution is -0.384. The molecule has 0 radical (unpaired) electrons. The Bertz CT molecular complexity index is 1700. The third-order valence-electron chi connectivity index (χ3n) is 7.32. The smallest absolute Gasteiger partial charge is 0.410 e. The van der Waals surface area contributed by atoms with Gasteiger partial charge in [0.25, 0.3) is 5.69 Å². The number of fused-ring (bicyclic) bond motifs is 3. The number of rotatable bonds is 9. The molecule has 0 aliphatic carbocycles. The van der Waals surface area contributed by atoms with Gasteiger partial charge in [-0.1, -0.05) is 18.2 Å². The fourth-order valence-electron chi connectivity index (χ4n) is 5.18. The minimum Gasteiger partial charge on any atom is -0.494 e. The molecule has 13 heteroatoms. The second-order valence-corrected chi connectivity index (χ2v) is 11.6. The topological polar surface area (TPSA) is 137 Å². The van der Waals surface area contributed by atoms with Gasteiger partial charge in [-0.25, -0.2) is 14.8 Å². The van der Waals surface area contributed by atoms with Gasteiger partial charge in [0.05, 0.1) is 42.3 Å². The highest BCUT2D eigenvalue weighted by atomic mass is 16.6. The van der Waals surface area contributed by atoms with Crippen molar-refractivity contribution in [3.05, 3.63) is 64.5 Å². The molecule has 2 aromatic carbocycles. The molecule has 0 unspecified atom stereocenters. The number of hydrogen-bond donors (Lipinski definition) is 1. The van der Waals surface area contributed by atoms with Crippen LogP contribution in [0.5, 0.6) is 5.75 Å². The fraction of sp³-hybridized carbons (Fsp3) is 0.387. The van der Waals surface area contributed by atoms with Crippen molar-refractivity contribution in [3.63, 3.8) is 0 Å². The third-order valence-corrected chi connectivity index (χ3v) is 7.32. The van der Waals surface area contributed by atoms with Crippen molar-refractivity contribution in [2.75, 3.05) is 51.1 Å². The molecule has 1 aliphatic rings. The van der Waals surface area contributed by atoms with E-state index in [0.29, 0.717) is 42.6 Å². The van der Waals surface area contributed by atoms with Gasteiger partial charge >= 0.3 is 6.09 Å². The number of nitrogens with zero attached hydrogens (tertiary/aromatic N) is 6. The standard InChI is InChI=1S/C31H37N7O6/c1-31(2,3)44-30(39)36(5)14-13-35(4)24-18-27(42-6)22(17-25(24)38(40)41)34-29-32-12-11-21(33-29)28-20-9-7-8-10-23(20)37-15-16-43-19-26(28)37/h7-12,17-18H,13-16,19H2,1-6H3,(H,32,33,34). The number of nitrogens with one attached hydrogen (secondary N) is 1. The summed E-state index contributed by atoms with van der Waals surface area (Å²) < 4.78 is 19.1. The van der Waals surface area contributed by atoms with Gasteiger partial charge < -0.3 is 33.9 Å². The van der Waals surface area contributed by atoms with Crippen molar-refractivity contribution in [1.82, 2.24) is 19.4 Å².